The first kappa shape index (κ1) is 25.9. The monoisotopic (exact) mass is 485 g/mol. The van der Waals surface area contributed by atoms with Gasteiger partial charge in [-0.25, -0.2) is 0 Å². The molecule has 2 aromatic rings. The Morgan fingerprint density at radius 3 is 2.11 bits per heavy atom. The van der Waals surface area contributed by atoms with Crippen molar-refractivity contribution >= 4 is 17.4 Å². The highest BCUT2D eigenvalue weighted by molar-refractivity contribution is 6.46. The molecule has 1 amide bonds. The second-order valence-corrected chi connectivity index (χ2v) is 7.98. The largest absolute Gasteiger partial charge is 0.507 e. The number of benzene rings is 2. The van der Waals surface area contributed by atoms with E-state index in [9.17, 15) is 14.7 Å². The maximum atomic E-state index is 13.3. The summed E-state index contributed by atoms with van der Waals surface area (Å²) >= 11 is 0. The van der Waals surface area contributed by atoms with Gasteiger partial charge in [0, 0.05) is 25.8 Å². The molecule has 35 heavy (non-hydrogen) atoms. The van der Waals surface area contributed by atoms with E-state index in [1.807, 2.05) is 0 Å². The molecule has 1 fully saturated rings. The van der Waals surface area contributed by atoms with Crippen LogP contribution >= 0.6 is 0 Å². The molecule has 1 heterocycles. The number of rotatable bonds is 10. The van der Waals surface area contributed by atoms with Crippen LogP contribution in [-0.2, 0) is 14.3 Å². The van der Waals surface area contributed by atoms with Crippen LogP contribution < -0.4 is 18.9 Å². The van der Waals surface area contributed by atoms with Gasteiger partial charge in [0.15, 0.2) is 11.5 Å². The lowest BCUT2D eigenvalue weighted by Gasteiger charge is -2.26. The molecule has 1 aliphatic rings. The van der Waals surface area contributed by atoms with Gasteiger partial charge in [-0.2, -0.15) is 0 Å². The Balaban J connectivity index is 2.25. The fourth-order valence-electron chi connectivity index (χ4n) is 4.27. The molecule has 0 aromatic heterocycles. The number of aliphatic hydroxyl groups is 1. The topological polar surface area (TPSA) is 104 Å². The van der Waals surface area contributed by atoms with Gasteiger partial charge in [0.2, 0.25) is 5.75 Å². The molecule has 9 nitrogen and oxygen atoms in total. The molecule has 3 rings (SSSR count). The van der Waals surface area contributed by atoms with E-state index in [2.05, 4.69) is 0 Å². The number of likely N-dealkylation sites (tertiary alicyclic amines) is 1. The fourth-order valence-corrected chi connectivity index (χ4v) is 4.27. The molecular weight excluding hydrogens is 454 g/mol. The molecule has 0 radical (unpaired) electrons. The molecule has 1 saturated heterocycles. The van der Waals surface area contributed by atoms with E-state index in [-0.39, 0.29) is 17.9 Å². The minimum atomic E-state index is -0.873. The lowest BCUT2D eigenvalue weighted by molar-refractivity contribution is -0.140. The zero-order valence-corrected chi connectivity index (χ0v) is 20.8. The van der Waals surface area contributed by atoms with Crippen molar-refractivity contribution in [2.75, 3.05) is 48.7 Å². The van der Waals surface area contributed by atoms with Crippen molar-refractivity contribution in [2.24, 2.45) is 0 Å². The average molecular weight is 486 g/mol. The molecule has 1 N–H and O–H groups in total. The predicted octanol–water partition coefficient (Wildman–Crippen LogP) is 3.49. The summed E-state index contributed by atoms with van der Waals surface area (Å²) in [6.45, 7) is 2.45. The van der Waals surface area contributed by atoms with Crippen molar-refractivity contribution < 1.29 is 38.4 Å². The number of amides is 1. The summed E-state index contributed by atoms with van der Waals surface area (Å²) in [5.41, 5.74) is 1.63. The van der Waals surface area contributed by atoms with Crippen LogP contribution in [0.25, 0.3) is 5.76 Å². The number of nitrogens with zero attached hydrogens (tertiary/aromatic N) is 1. The molecule has 1 unspecified atom stereocenters. The molecule has 0 bridgehead atoms. The minimum Gasteiger partial charge on any atom is -0.507 e. The van der Waals surface area contributed by atoms with E-state index in [0.717, 1.165) is 0 Å². The lowest BCUT2D eigenvalue weighted by Crippen LogP contribution is -2.31. The number of aryl methyl sites for hydroxylation is 1. The van der Waals surface area contributed by atoms with Crippen LogP contribution in [0.1, 0.15) is 29.2 Å². The van der Waals surface area contributed by atoms with Crippen molar-refractivity contribution in [1.29, 1.82) is 0 Å². The van der Waals surface area contributed by atoms with Gasteiger partial charge >= 0.3 is 0 Å². The smallest absolute Gasteiger partial charge is 0.295 e. The van der Waals surface area contributed by atoms with Crippen LogP contribution in [0.4, 0.5) is 0 Å². The number of hydrogen-bond acceptors (Lipinski definition) is 8. The van der Waals surface area contributed by atoms with E-state index in [4.69, 9.17) is 23.7 Å². The molecule has 188 valence electrons. The number of carbonyl (C=O) groups excluding carboxylic acids is 2. The van der Waals surface area contributed by atoms with E-state index in [0.29, 0.717) is 52.7 Å². The number of Topliss-reactive ketones (excluding diaryl/α,β-unsaturated/α-hetero) is 1. The second-order valence-electron chi connectivity index (χ2n) is 7.98. The van der Waals surface area contributed by atoms with Gasteiger partial charge in [0.25, 0.3) is 11.7 Å². The third-order valence-corrected chi connectivity index (χ3v) is 5.98. The van der Waals surface area contributed by atoms with E-state index < -0.39 is 17.7 Å². The lowest BCUT2D eigenvalue weighted by atomic mass is 9.93. The van der Waals surface area contributed by atoms with Gasteiger partial charge in [-0.3, -0.25) is 9.59 Å². The normalized spacial score (nSPS) is 17.0. The third kappa shape index (κ3) is 4.90. The Hall–Kier alpha value is -3.72. The van der Waals surface area contributed by atoms with Crippen LogP contribution in [0.3, 0.4) is 0 Å². The SMILES string of the molecule is COCCCN1C(=O)C(=O)C(=C(O)c2ccc(OC)cc2C)C1c1cc(OC)c(OC)c(OC)c1. The van der Waals surface area contributed by atoms with Crippen molar-refractivity contribution in [3.63, 3.8) is 0 Å². The molecule has 9 heteroatoms. The van der Waals surface area contributed by atoms with Crippen LogP contribution in [-0.4, -0.2) is 70.4 Å². The summed E-state index contributed by atoms with van der Waals surface area (Å²) in [7, 11) is 7.57. The van der Waals surface area contributed by atoms with Gasteiger partial charge in [-0.15, -0.1) is 0 Å². The molecule has 2 aromatic carbocycles. The van der Waals surface area contributed by atoms with E-state index >= 15 is 0 Å². The maximum Gasteiger partial charge on any atom is 0.295 e. The minimum absolute atomic E-state index is 0.0186. The summed E-state index contributed by atoms with van der Waals surface area (Å²) in [4.78, 5) is 27.8. The zero-order valence-electron chi connectivity index (χ0n) is 20.8. The Labute approximate surface area is 204 Å². The van der Waals surface area contributed by atoms with E-state index in [1.54, 1.807) is 51.5 Å². The molecule has 1 aliphatic heterocycles. The van der Waals surface area contributed by atoms with Gasteiger partial charge in [0.05, 0.1) is 40.1 Å². The highest BCUT2D eigenvalue weighted by Gasteiger charge is 2.46. The number of ether oxygens (including phenoxy) is 5. The van der Waals surface area contributed by atoms with Crippen molar-refractivity contribution in [2.45, 2.75) is 19.4 Å². The quantitative estimate of drug-likeness (QED) is 0.236. The first-order valence-corrected chi connectivity index (χ1v) is 11.0. The third-order valence-electron chi connectivity index (χ3n) is 5.98. The Kier molecular flexibility index (Phi) is 8.24. The van der Waals surface area contributed by atoms with Crippen molar-refractivity contribution in [1.82, 2.24) is 4.90 Å². The molecule has 0 aliphatic carbocycles. The number of ketones is 1. The summed E-state index contributed by atoms with van der Waals surface area (Å²) < 4.78 is 26.8. The second kappa shape index (κ2) is 11.1. The van der Waals surface area contributed by atoms with Crippen LogP contribution in [0, 0.1) is 6.92 Å². The summed E-state index contributed by atoms with van der Waals surface area (Å²) in [6, 6.07) is 7.57. The van der Waals surface area contributed by atoms with Crippen molar-refractivity contribution in [3.05, 3.63) is 52.6 Å². The molecule has 1 atom stereocenters. The number of carbonyl (C=O) groups is 2. The standard InChI is InChI=1S/C26H31NO8/c1-15-12-17(32-3)8-9-18(15)23(28)21-22(27(10-7-11-31-2)26(30)24(21)29)16-13-19(33-4)25(35-6)20(14-16)34-5/h8-9,12-14,22,28H,7,10-11H2,1-6H3. The number of methoxy groups -OCH3 is 5. The van der Waals surface area contributed by atoms with E-state index in [1.165, 1.54) is 26.2 Å². The summed E-state index contributed by atoms with van der Waals surface area (Å²) in [5, 5.41) is 11.4. The Bertz CT molecular complexity index is 1120. The molecule has 0 saturated carbocycles. The van der Waals surface area contributed by atoms with Crippen LogP contribution in [0.15, 0.2) is 35.9 Å². The average Bonchev–Trinajstić information content (AvgIpc) is 3.12. The summed E-state index contributed by atoms with van der Waals surface area (Å²) in [5.74, 6) is -0.0193. The van der Waals surface area contributed by atoms with Gasteiger partial charge in [-0.1, -0.05) is 0 Å². The Morgan fingerprint density at radius 1 is 0.943 bits per heavy atom. The molecule has 0 spiro atoms. The maximum absolute atomic E-state index is 13.3. The Morgan fingerprint density at radius 2 is 1.60 bits per heavy atom. The highest BCUT2D eigenvalue weighted by atomic mass is 16.5. The van der Waals surface area contributed by atoms with Crippen LogP contribution in [0.2, 0.25) is 0 Å². The number of aliphatic hydroxyl groups excluding tert-OH is 1. The fraction of sp³-hybridized carbons (Fsp3) is 0.385. The predicted molar refractivity (Wildman–Crippen MR) is 129 cm³/mol. The van der Waals surface area contributed by atoms with Crippen LogP contribution in [0.5, 0.6) is 23.0 Å². The first-order chi connectivity index (χ1) is 16.8. The van der Waals surface area contributed by atoms with Gasteiger partial charge < -0.3 is 33.7 Å². The van der Waals surface area contributed by atoms with Gasteiger partial charge in [-0.05, 0) is 54.8 Å². The van der Waals surface area contributed by atoms with Gasteiger partial charge in [0.1, 0.15) is 11.5 Å². The molecular formula is C26H31NO8. The first-order valence-electron chi connectivity index (χ1n) is 11.0. The van der Waals surface area contributed by atoms with Crippen molar-refractivity contribution in [3.8, 4) is 23.0 Å². The summed E-state index contributed by atoms with van der Waals surface area (Å²) in [6.07, 6.45) is 0.506. The highest BCUT2D eigenvalue weighted by Crippen LogP contribution is 2.46. The zero-order chi connectivity index (χ0) is 25.7. The number of hydrogen-bond donors (Lipinski definition) is 1.